The molecular formula is C17H24O2. The van der Waals surface area contributed by atoms with Gasteiger partial charge in [-0.05, 0) is 55.6 Å². The van der Waals surface area contributed by atoms with Crippen molar-refractivity contribution in [3.8, 4) is 0 Å². The number of rotatable bonds is 3. The van der Waals surface area contributed by atoms with E-state index in [9.17, 15) is 5.11 Å². The monoisotopic (exact) mass is 260 g/mol. The standard InChI is InChI=1S/C17H24O2/c1-13-8-10-17(18,11-9-14-5-4-12-19-14)16-7-3-2-6-15(13)16/h2-3,6-7,13-14,18H,4-5,8-12H2,1H3. The van der Waals surface area contributed by atoms with Crippen LogP contribution in [0.4, 0.5) is 0 Å². The van der Waals surface area contributed by atoms with Crippen LogP contribution in [0.1, 0.15) is 62.5 Å². The fourth-order valence-corrected chi connectivity index (χ4v) is 3.63. The average molecular weight is 260 g/mol. The van der Waals surface area contributed by atoms with Crippen LogP contribution in [0, 0.1) is 0 Å². The number of aliphatic hydroxyl groups is 1. The van der Waals surface area contributed by atoms with Crippen molar-refractivity contribution in [3.05, 3.63) is 35.4 Å². The molecule has 1 fully saturated rings. The van der Waals surface area contributed by atoms with Crippen molar-refractivity contribution in [1.82, 2.24) is 0 Å². The summed E-state index contributed by atoms with van der Waals surface area (Å²) in [6, 6.07) is 8.42. The lowest BCUT2D eigenvalue weighted by molar-refractivity contribution is -0.00981. The smallest absolute Gasteiger partial charge is 0.0900 e. The Morgan fingerprint density at radius 2 is 2.16 bits per heavy atom. The Labute approximate surface area is 115 Å². The number of benzene rings is 1. The van der Waals surface area contributed by atoms with Gasteiger partial charge in [0.25, 0.3) is 0 Å². The first-order valence-corrected chi connectivity index (χ1v) is 7.62. The van der Waals surface area contributed by atoms with Gasteiger partial charge in [-0.1, -0.05) is 31.2 Å². The first kappa shape index (κ1) is 13.1. The van der Waals surface area contributed by atoms with Gasteiger partial charge in [0.15, 0.2) is 0 Å². The Balaban J connectivity index is 1.77. The Morgan fingerprint density at radius 1 is 1.32 bits per heavy atom. The van der Waals surface area contributed by atoms with Gasteiger partial charge in [0, 0.05) is 6.61 Å². The molecule has 0 radical (unpaired) electrons. The summed E-state index contributed by atoms with van der Waals surface area (Å²) in [5.74, 6) is 0.569. The summed E-state index contributed by atoms with van der Waals surface area (Å²) in [7, 11) is 0. The van der Waals surface area contributed by atoms with E-state index in [1.165, 1.54) is 12.0 Å². The van der Waals surface area contributed by atoms with Crippen molar-refractivity contribution < 1.29 is 9.84 Å². The number of hydrogen-bond acceptors (Lipinski definition) is 2. The minimum absolute atomic E-state index is 0.371. The normalized spacial score (nSPS) is 34.2. The summed E-state index contributed by atoms with van der Waals surface area (Å²) >= 11 is 0. The molecule has 0 amide bonds. The summed E-state index contributed by atoms with van der Waals surface area (Å²) < 4.78 is 5.69. The van der Waals surface area contributed by atoms with E-state index in [0.29, 0.717) is 12.0 Å². The van der Waals surface area contributed by atoms with Gasteiger partial charge in [-0.25, -0.2) is 0 Å². The van der Waals surface area contributed by atoms with Crippen molar-refractivity contribution in [3.63, 3.8) is 0 Å². The van der Waals surface area contributed by atoms with Gasteiger partial charge in [0.05, 0.1) is 11.7 Å². The summed E-state index contributed by atoms with van der Waals surface area (Å²) in [6.45, 7) is 3.16. The van der Waals surface area contributed by atoms with E-state index >= 15 is 0 Å². The molecule has 0 bridgehead atoms. The highest BCUT2D eigenvalue weighted by Gasteiger charge is 2.37. The summed E-state index contributed by atoms with van der Waals surface area (Å²) in [4.78, 5) is 0. The molecule has 1 saturated heterocycles. The van der Waals surface area contributed by atoms with Crippen LogP contribution in [-0.2, 0) is 10.3 Å². The average Bonchev–Trinajstić information content (AvgIpc) is 2.95. The molecule has 0 saturated carbocycles. The molecule has 1 N–H and O–H groups in total. The molecule has 19 heavy (non-hydrogen) atoms. The molecule has 3 atom stereocenters. The lowest BCUT2D eigenvalue weighted by Gasteiger charge is -2.38. The van der Waals surface area contributed by atoms with Crippen LogP contribution < -0.4 is 0 Å². The molecule has 3 rings (SSSR count). The number of hydrogen-bond donors (Lipinski definition) is 1. The van der Waals surface area contributed by atoms with Gasteiger partial charge in [-0.15, -0.1) is 0 Å². The van der Waals surface area contributed by atoms with E-state index in [2.05, 4.69) is 25.1 Å². The third-order valence-electron chi connectivity index (χ3n) is 4.89. The minimum atomic E-state index is -0.630. The van der Waals surface area contributed by atoms with E-state index < -0.39 is 5.60 Å². The summed E-state index contributed by atoms with van der Waals surface area (Å²) in [6.07, 6.45) is 6.50. The van der Waals surface area contributed by atoms with Gasteiger partial charge in [-0.2, -0.15) is 0 Å². The van der Waals surface area contributed by atoms with Crippen LogP contribution >= 0.6 is 0 Å². The molecule has 2 heteroatoms. The van der Waals surface area contributed by atoms with E-state index in [4.69, 9.17) is 4.74 Å². The molecule has 1 heterocycles. The van der Waals surface area contributed by atoms with Crippen LogP contribution in [0.15, 0.2) is 24.3 Å². The fraction of sp³-hybridized carbons (Fsp3) is 0.647. The molecule has 2 nitrogen and oxygen atoms in total. The van der Waals surface area contributed by atoms with Gasteiger partial charge < -0.3 is 9.84 Å². The van der Waals surface area contributed by atoms with Crippen molar-refractivity contribution in [1.29, 1.82) is 0 Å². The van der Waals surface area contributed by atoms with Crippen molar-refractivity contribution >= 4 is 0 Å². The predicted molar refractivity (Wildman–Crippen MR) is 76.2 cm³/mol. The number of ether oxygens (including phenoxy) is 1. The quantitative estimate of drug-likeness (QED) is 0.897. The zero-order valence-corrected chi connectivity index (χ0v) is 11.8. The van der Waals surface area contributed by atoms with E-state index in [-0.39, 0.29) is 0 Å². The van der Waals surface area contributed by atoms with E-state index in [1.807, 2.05) is 6.07 Å². The lowest BCUT2D eigenvalue weighted by Crippen LogP contribution is -2.32. The topological polar surface area (TPSA) is 29.5 Å². The molecule has 0 spiro atoms. The highest BCUT2D eigenvalue weighted by atomic mass is 16.5. The SMILES string of the molecule is CC1CCC(O)(CCC2CCCO2)c2ccccc21. The number of fused-ring (bicyclic) bond motifs is 1. The van der Waals surface area contributed by atoms with Crippen LogP contribution in [0.3, 0.4) is 0 Å². The molecule has 1 aromatic carbocycles. The van der Waals surface area contributed by atoms with E-state index in [1.54, 1.807) is 0 Å². The van der Waals surface area contributed by atoms with E-state index in [0.717, 1.165) is 44.3 Å². The van der Waals surface area contributed by atoms with Crippen LogP contribution in [0.5, 0.6) is 0 Å². The lowest BCUT2D eigenvalue weighted by atomic mass is 9.72. The van der Waals surface area contributed by atoms with Crippen molar-refractivity contribution in [2.24, 2.45) is 0 Å². The van der Waals surface area contributed by atoms with Crippen LogP contribution in [-0.4, -0.2) is 17.8 Å². The molecule has 1 aromatic rings. The third kappa shape index (κ3) is 2.56. The van der Waals surface area contributed by atoms with Crippen LogP contribution in [0.2, 0.25) is 0 Å². The minimum Gasteiger partial charge on any atom is -0.385 e. The predicted octanol–water partition coefficient (Wildman–Crippen LogP) is 3.73. The third-order valence-corrected chi connectivity index (χ3v) is 4.89. The maximum absolute atomic E-state index is 11.0. The molecule has 1 aliphatic heterocycles. The maximum atomic E-state index is 11.0. The molecule has 104 valence electrons. The highest BCUT2D eigenvalue weighted by molar-refractivity contribution is 5.37. The van der Waals surface area contributed by atoms with Crippen molar-refractivity contribution in [2.75, 3.05) is 6.61 Å². The van der Waals surface area contributed by atoms with Gasteiger partial charge in [0.1, 0.15) is 0 Å². The van der Waals surface area contributed by atoms with Gasteiger partial charge >= 0.3 is 0 Å². The second-order valence-electron chi connectivity index (χ2n) is 6.23. The highest BCUT2D eigenvalue weighted by Crippen LogP contribution is 2.44. The second kappa shape index (κ2) is 5.26. The van der Waals surface area contributed by atoms with Gasteiger partial charge in [-0.3, -0.25) is 0 Å². The molecule has 3 unspecified atom stereocenters. The van der Waals surface area contributed by atoms with Crippen LogP contribution in [0.25, 0.3) is 0 Å². The zero-order valence-electron chi connectivity index (χ0n) is 11.8. The summed E-state index contributed by atoms with van der Waals surface area (Å²) in [5.41, 5.74) is 1.87. The Bertz CT molecular complexity index is 437. The molecule has 1 aliphatic carbocycles. The van der Waals surface area contributed by atoms with Gasteiger partial charge in [0.2, 0.25) is 0 Å². The molecular weight excluding hydrogens is 236 g/mol. The fourth-order valence-electron chi connectivity index (χ4n) is 3.63. The first-order chi connectivity index (χ1) is 9.19. The second-order valence-corrected chi connectivity index (χ2v) is 6.23. The molecule has 0 aromatic heterocycles. The summed E-state index contributed by atoms with van der Waals surface area (Å²) in [5, 5.41) is 11.0. The maximum Gasteiger partial charge on any atom is 0.0900 e. The zero-order chi connectivity index (χ0) is 13.3. The Hall–Kier alpha value is -0.860. The largest absolute Gasteiger partial charge is 0.385 e. The Morgan fingerprint density at radius 3 is 2.95 bits per heavy atom. The van der Waals surface area contributed by atoms with Crippen molar-refractivity contribution in [2.45, 2.75) is 63.1 Å². The Kier molecular flexibility index (Phi) is 3.64. The molecule has 2 aliphatic rings. The first-order valence-electron chi connectivity index (χ1n) is 7.62.